The molecule has 0 radical (unpaired) electrons. The molecule has 112 valence electrons. The average Bonchev–Trinajstić information content (AvgIpc) is 2.50. The van der Waals surface area contributed by atoms with E-state index in [2.05, 4.69) is 24.4 Å². The summed E-state index contributed by atoms with van der Waals surface area (Å²) >= 11 is 0. The van der Waals surface area contributed by atoms with Crippen LogP contribution in [0.3, 0.4) is 0 Å². The van der Waals surface area contributed by atoms with Gasteiger partial charge in [0.1, 0.15) is 0 Å². The van der Waals surface area contributed by atoms with Gasteiger partial charge >= 0.3 is 0 Å². The van der Waals surface area contributed by atoms with Gasteiger partial charge in [0.15, 0.2) is 9.84 Å². The molecule has 2 aromatic rings. The summed E-state index contributed by atoms with van der Waals surface area (Å²) in [6.45, 7) is 4.59. The summed E-state index contributed by atoms with van der Waals surface area (Å²) in [5.41, 5.74) is 3.57. The summed E-state index contributed by atoms with van der Waals surface area (Å²) in [4.78, 5) is 0.384. The molecule has 0 spiro atoms. The van der Waals surface area contributed by atoms with Crippen molar-refractivity contribution in [2.45, 2.75) is 25.2 Å². The summed E-state index contributed by atoms with van der Waals surface area (Å²) in [7, 11) is -3.11. The Kier molecular flexibility index (Phi) is 5.02. The molecule has 0 heterocycles. The standard InChI is InChI=1S/C17H21NO2S/c1-3-21(19,20)17-10-8-16(9-11-17)18-13-12-15-7-5-4-6-14(15)2/h4-11,18H,3,12-13H2,1-2H3. The first-order chi connectivity index (χ1) is 10.0. The Morgan fingerprint density at radius 2 is 1.67 bits per heavy atom. The second kappa shape index (κ2) is 6.76. The number of rotatable bonds is 6. The SMILES string of the molecule is CCS(=O)(=O)c1ccc(NCCc2ccccc2C)cc1. The number of nitrogens with one attached hydrogen (secondary N) is 1. The summed E-state index contributed by atoms with van der Waals surface area (Å²) in [6, 6.07) is 15.3. The zero-order valence-corrected chi connectivity index (χ0v) is 13.3. The quantitative estimate of drug-likeness (QED) is 0.889. The van der Waals surface area contributed by atoms with Gasteiger partial charge in [-0.1, -0.05) is 31.2 Å². The van der Waals surface area contributed by atoms with Crippen LogP contribution in [-0.2, 0) is 16.3 Å². The van der Waals surface area contributed by atoms with Gasteiger partial charge in [0.05, 0.1) is 10.6 Å². The van der Waals surface area contributed by atoms with Gasteiger partial charge in [-0.15, -0.1) is 0 Å². The molecule has 4 heteroatoms. The van der Waals surface area contributed by atoms with E-state index >= 15 is 0 Å². The van der Waals surface area contributed by atoms with Crippen LogP contribution in [-0.4, -0.2) is 20.7 Å². The number of anilines is 1. The van der Waals surface area contributed by atoms with Crippen molar-refractivity contribution in [2.24, 2.45) is 0 Å². The van der Waals surface area contributed by atoms with Crippen molar-refractivity contribution in [2.75, 3.05) is 17.6 Å². The van der Waals surface area contributed by atoms with Gasteiger partial charge < -0.3 is 5.32 Å². The molecule has 1 N–H and O–H groups in total. The minimum absolute atomic E-state index is 0.132. The van der Waals surface area contributed by atoms with E-state index in [0.29, 0.717) is 4.90 Å². The van der Waals surface area contributed by atoms with Crippen molar-refractivity contribution in [3.63, 3.8) is 0 Å². The highest BCUT2D eigenvalue weighted by Crippen LogP contribution is 2.15. The Hall–Kier alpha value is -1.81. The zero-order valence-electron chi connectivity index (χ0n) is 12.5. The summed E-state index contributed by atoms with van der Waals surface area (Å²) in [6.07, 6.45) is 0.946. The van der Waals surface area contributed by atoms with Crippen molar-refractivity contribution < 1.29 is 8.42 Å². The molecule has 0 aliphatic heterocycles. The predicted octanol–water partition coefficient (Wildman–Crippen LogP) is 3.44. The smallest absolute Gasteiger partial charge is 0.178 e. The van der Waals surface area contributed by atoms with Gasteiger partial charge in [-0.3, -0.25) is 0 Å². The third kappa shape index (κ3) is 4.08. The zero-order chi connectivity index (χ0) is 15.3. The fourth-order valence-corrected chi connectivity index (χ4v) is 3.06. The first-order valence-electron chi connectivity index (χ1n) is 7.14. The molecule has 0 saturated carbocycles. The monoisotopic (exact) mass is 303 g/mol. The molecule has 0 bridgehead atoms. The normalized spacial score (nSPS) is 11.3. The van der Waals surface area contributed by atoms with E-state index in [1.54, 1.807) is 19.1 Å². The maximum Gasteiger partial charge on any atom is 0.178 e. The lowest BCUT2D eigenvalue weighted by Gasteiger charge is -2.09. The molecule has 0 atom stereocenters. The third-order valence-electron chi connectivity index (χ3n) is 3.58. The van der Waals surface area contributed by atoms with Crippen molar-refractivity contribution in [3.05, 3.63) is 59.7 Å². The second-order valence-electron chi connectivity index (χ2n) is 5.03. The van der Waals surface area contributed by atoms with Gasteiger partial charge in [-0.25, -0.2) is 8.42 Å². The molecule has 2 rings (SSSR count). The van der Waals surface area contributed by atoms with Crippen LogP contribution in [0, 0.1) is 6.92 Å². The second-order valence-corrected chi connectivity index (χ2v) is 7.31. The number of hydrogen-bond donors (Lipinski definition) is 1. The molecule has 0 saturated heterocycles. The molecule has 0 fully saturated rings. The minimum Gasteiger partial charge on any atom is -0.385 e. The highest BCUT2D eigenvalue weighted by Gasteiger charge is 2.10. The van der Waals surface area contributed by atoms with E-state index in [1.807, 2.05) is 24.3 Å². The van der Waals surface area contributed by atoms with Crippen molar-refractivity contribution in [1.82, 2.24) is 0 Å². The lowest BCUT2D eigenvalue weighted by molar-refractivity contribution is 0.597. The maximum absolute atomic E-state index is 11.7. The van der Waals surface area contributed by atoms with E-state index in [4.69, 9.17) is 0 Å². The molecule has 0 aromatic heterocycles. The van der Waals surface area contributed by atoms with Gasteiger partial charge in [-0.2, -0.15) is 0 Å². The summed E-state index contributed by atoms with van der Waals surface area (Å²) < 4.78 is 23.5. The maximum atomic E-state index is 11.7. The lowest BCUT2D eigenvalue weighted by Crippen LogP contribution is -2.07. The molecule has 21 heavy (non-hydrogen) atoms. The van der Waals surface area contributed by atoms with E-state index in [1.165, 1.54) is 11.1 Å². The van der Waals surface area contributed by atoms with Crippen LogP contribution in [0.2, 0.25) is 0 Å². The topological polar surface area (TPSA) is 46.2 Å². The van der Waals surface area contributed by atoms with E-state index < -0.39 is 9.84 Å². The number of aryl methyl sites for hydroxylation is 1. The first kappa shape index (κ1) is 15.6. The lowest BCUT2D eigenvalue weighted by atomic mass is 10.1. The molecular weight excluding hydrogens is 282 g/mol. The molecule has 0 aliphatic rings. The van der Waals surface area contributed by atoms with Crippen LogP contribution in [0.4, 0.5) is 5.69 Å². The average molecular weight is 303 g/mol. The van der Waals surface area contributed by atoms with Gasteiger partial charge in [0.25, 0.3) is 0 Å². The van der Waals surface area contributed by atoms with Crippen molar-refractivity contribution in [1.29, 1.82) is 0 Å². The Morgan fingerprint density at radius 1 is 1.00 bits per heavy atom. The summed E-state index contributed by atoms with van der Waals surface area (Å²) in [5, 5.41) is 3.32. The molecule has 2 aromatic carbocycles. The van der Waals surface area contributed by atoms with Crippen LogP contribution >= 0.6 is 0 Å². The Morgan fingerprint density at radius 3 is 2.29 bits per heavy atom. The van der Waals surface area contributed by atoms with E-state index in [-0.39, 0.29) is 5.75 Å². The van der Waals surface area contributed by atoms with Gasteiger partial charge in [0.2, 0.25) is 0 Å². The largest absolute Gasteiger partial charge is 0.385 e. The van der Waals surface area contributed by atoms with Gasteiger partial charge in [-0.05, 0) is 48.7 Å². The third-order valence-corrected chi connectivity index (χ3v) is 5.33. The van der Waals surface area contributed by atoms with Crippen LogP contribution in [0.15, 0.2) is 53.4 Å². The van der Waals surface area contributed by atoms with Crippen LogP contribution in [0.1, 0.15) is 18.1 Å². The fraction of sp³-hybridized carbons (Fsp3) is 0.294. The first-order valence-corrected chi connectivity index (χ1v) is 8.79. The molecule has 3 nitrogen and oxygen atoms in total. The van der Waals surface area contributed by atoms with Crippen molar-refractivity contribution >= 4 is 15.5 Å². The predicted molar refractivity (Wildman–Crippen MR) is 87.5 cm³/mol. The highest BCUT2D eigenvalue weighted by molar-refractivity contribution is 7.91. The molecule has 0 amide bonds. The molecular formula is C17H21NO2S. The van der Waals surface area contributed by atoms with Crippen LogP contribution < -0.4 is 5.32 Å². The summed E-state index contributed by atoms with van der Waals surface area (Å²) in [5.74, 6) is 0.132. The number of hydrogen-bond acceptors (Lipinski definition) is 3. The fourth-order valence-electron chi connectivity index (χ4n) is 2.18. The molecule has 0 unspecified atom stereocenters. The minimum atomic E-state index is -3.11. The van der Waals surface area contributed by atoms with E-state index in [9.17, 15) is 8.42 Å². The van der Waals surface area contributed by atoms with Crippen LogP contribution in [0.25, 0.3) is 0 Å². The van der Waals surface area contributed by atoms with Gasteiger partial charge in [0, 0.05) is 12.2 Å². The molecule has 0 aliphatic carbocycles. The Balaban J connectivity index is 1.94. The number of benzene rings is 2. The Bertz CT molecular complexity index is 691. The number of sulfone groups is 1. The van der Waals surface area contributed by atoms with Crippen LogP contribution in [0.5, 0.6) is 0 Å². The highest BCUT2D eigenvalue weighted by atomic mass is 32.2. The van der Waals surface area contributed by atoms with E-state index in [0.717, 1.165) is 18.7 Å². The van der Waals surface area contributed by atoms with Crippen molar-refractivity contribution in [3.8, 4) is 0 Å². The Labute approximate surface area is 126 Å².